The van der Waals surface area contributed by atoms with Crippen LogP contribution in [0.5, 0.6) is 11.5 Å². The number of hydrogen-bond acceptors (Lipinski definition) is 5. The van der Waals surface area contributed by atoms with E-state index in [1.165, 1.54) is 4.90 Å². The largest absolute Gasteiger partial charge is 0.494 e. The zero-order valence-corrected chi connectivity index (χ0v) is 16.2. The lowest BCUT2D eigenvalue weighted by Crippen LogP contribution is -2.25. The number of hydrogen-bond donors (Lipinski definition) is 0. The first-order valence-electron chi connectivity index (χ1n) is 8.69. The topological polar surface area (TPSA) is 65.8 Å². The standard InChI is InChI=1S/C21H25N3O3/c1-23(2)20(13-14-26-18-9-5-16(15-22)6-10-18)17-7-11-19(12-8-17)27-21(25)24(3)4/h5-12,20H,13-14H2,1-4H3. The molecule has 6 nitrogen and oxygen atoms in total. The molecule has 2 rings (SSSR count). The summed E-state index contributed by atoms with van der Waals surface area (Å²) in [6.07, 6.45) is 0.395. The molecule has 0 bridgehead atoms. The molecule has 2 aromatic carbocycles. The monoisotopic (exact) mass is 367 g/mol. The normalized spacial score (nSPS) is 11.6. The van der Waals surface area contributed by atoms with Gasteiger partial charge in [-0.1, -0.05) is 12.1 Å². The van der Waals surface area contributed by atoms with Gasteiger partial charge in [-0.05, 0) is 56.1 Å². The highest BCUT2D eigenvalue weighted by molar-refractivity contribution is 5.69. The smallest absolute Gasteiger partial charge is 0.414 e. The van der Waals surface area contributed by atoms with Crippen LogP contribution >= 0.6 is 0 Å². The van der Waals surface area contributed by atoms with Gasteiger partial charge in [-0.2, -0.15) is 5.26 Å². The van der Waals surface area contributed by atoms with Gasteiger partial charge in [0.1, 0.15) is 11.5 Å². The minimum absolute atomic E-state index is 0.169. The van der Waals surface area contributed by atoms with Gasteiger partial charge in [0.05, 0.1) is 18.2 Å². The lowest BCUT2D eigenvalue weighted by molar-refractivity contribution is 0.172. The molecule has 2 aromatic rings. The van der Waals surface area contributed by atoms with Crippen LogP contribution in [-0.2, 0) is 0 Å². The molecule has 1 amide bonds. The maximum atomic E-state index is 11.6. The van der Waals surface area contributed by atoms with Gasteiger partial charge in [0.2, 0.25) is 0 Å². The highest BCUT2D eigenvalue weighted by atomic mass is 16.6. The van der Waals surface area contributed by atoms with E-state index in [1.807, 2.05) is 26.2 Å². The van der Waals surface area contributed by atoms with Gasteiger partial charge >= 0.3 is 6.09 Å². The first-order valence-corrected chi connectivity index (χ1v) is 8.69. The number of amides is 1. The van der Waals surface area contributed by atoms with Crippen molar-refractivity contribution in [3.05, 3.63) is 59.7 Å². The molecule has 0 aliphatic rings. The molecule has 1 unspecified atom stereocenters. The van der Waals surface area contributed by atoms with Gasteiger partial charge in [-0.3, -0.25) is 0 Å². The number of ether oxygens (including phenoxy) is 2. The van der Waals surface area contributed by atoms with Gasteiger partial charge in [0.25, 0.3) is 0 Å². The summed E-state index contributed by atoms with van der Waals surface area (Å²) in [6.45, 7) is 0.548. The molecule has 0 fully saturated rings. The van der Waals surface area contributed by atoms with Gasteiger partial charge in [-0.25, -0.2) is 4.79 Å². The van der Waals surface area contributed by atoms with E-state index in [-0.39, 0.29) is 6.04 Å². The van der Waals surface area contributed by atoms with Crippen LogP contribution in [0.25, 0.3) is 0 Å². The first-order chi connectivity index (χ1) is 12.9. The van der Waals surface area contributed by atoms with Crippen molar-refractivity contribution in [2.75, 3.05) is 34.8 Å². The van der Waals surface area contributed by atoms with Crippen molar-refractivity contribution in [2.24, 2.45) is 0 Å². The second-order valence-corrected chi connectivity index (χ2v) is 6.58. The number of nitriles is 1. The molecular weight excluding hydrogens is 342 g/mol. The van der Waals surface area contributed by atoms with Crippen molar-refractivity contribution >= 4 is 6.09 Å². The summed E-state index contributed by atoms with van der Waals surface area (Å²) in [6, 6.07) is 16.9. The third kappa shape index (κ3) is 6.01. The van der Waals surface area contributed by atoms with Crippen molar-refractivity contribution in [1.82, 2.24) is 9.80 Å². The Balaban J connectivity index is 1.95. The summed E-state index contributed by atoms with van der Waals surface area (Å²) in [7, 11) is 7.33. The Hall–Kier alpha value is -3.04. The third-order valence-electron chi connectivity index (χ3n) is 4.10. The Morgan fingerprint density at radius 3 is 2.11 bits per heavy atom. The van der Waals surface area contributed by atoms with Crippen LogP contribution < -0.4 is 9.47 Å². The summed E-state index contributed by atoms with van der Waals surface area (Å²) in [5.41, 5.74) is 1.73. The number of nitrogens with zero attached hydrogens (tertiary/aromatic N) is 3. The van der Waals surface area contributed by atoms with Gasteiger partial charge < -0.3 is 19.3 Å². The number of rotatable bonds is 7. The highest BCUT2D eigenvalue weighted by Gasteiger charge is 2.15. The fraction of sp³-hybridized carbons (Fsp3) is 0.333. The van der Waals surface area contributed by atoms with Crippen LogP contribution in [0.4, 0.5) is 4.79 Å². The maximum absolute atomic E-state index is 11.6. The Morgan fingerprint density at radius 2 is 1.59 bits per heavy atom. The van der Waals surface area contributed by atoms with Gasteiger partial charge in [-0.15, -0.1) is 0 Å². The Morgan fingerprint density at radius 1 is 1.00 bits per heavy atom. The number of carbonyl (C=O) groups is 1. The lowest BCUT2D eigenvalue weighted by Gasteiger charge is -2.25. The van der Waals surface area contributed by atoms with E-state index in [0.29, 0.717) is 17.9 Å². The first kappa shape index (κ1) is 20.3. The highest BCUT2D eigenvalue weighted by Crippen LogP contribution is 2.25. The minimum atomic E-state index is -0.400. The molecular formula is C21H25N3O3. The summed E-state index contributed by atoms with van der Waals surface area (Å²) in [4.78, 5) is 15.1. The Kier molecular flexibility index (Phi) is 7.21. The summed E-state index contributed by atoms with van der Waals surface area (Å²) >= 11 is 0. The molecule has 0 aliphatic heterocycles. The Labute approximate surface area is 160 Å². The average Bonchev–Trinajstić information content (AvgIpc) is 2.66. The van der Waals surface area contributed by atoms with Crippen LogP contribution in [0.15, 0.2) is 48.5 Å². The van der Waals surface area contributed by atoms with E-state index in [2.05, 4.69) is 11.0 Å². The fourth-order valence-electron chi connectivity index (χ4n) is 2.59. The average molecular weight is 367 g/mol. The Bertz CT molecular complexity index is 778. The van der Waals surface area contributed by atoms with Crippen molar-refractivity contribution < 1.29 is 14.3 Å². The van der Waals surface area contributed by atoms with Crippen LogP contribution in [0, 0.1) is 11.3 Å². The van der Waals surface area contributed by atoms with Crippen molar-refractivity contribution in [3.63, 3.8) is 0 Å². The second kappa shape index (κ2) is 9.60. The molecule has 142 valence electrons. The van der Waals surface area contributed by atoms with Gasteiger partial charge in [0.15, 0.2) is 0 Å². The van der Waals surface area contributed by atoms with Crippen LogP contribution in [0.1, 0.15) is 23.6 Å². The summed E-state index contributed by atoms with van der Waals surface area (Å²) in [5.74, 6) is 1.27. The SMILES string of the molecule is CN(C)C(=O)Oc1ccc(C(CCOc2ccc(C#N)cc2)N(C)C)cc1. The van der Waals surface area contributed by atoms with E-state index < -0.39 is 6.09 Å². The zero-order chi connectivity index (χ0) is 19.8. The predicted molar refractivity (Wildman–Crippen MR) is 104 cm³/mol. The maximum Gasteiger partial charge on any atom is 0.414 e. The van der Waals surface area contributed by atoms with Crippen molar-refractivity contribution in [1.29, 1.82) is 5.26 Å². The predicted octanol–water partition coefficient (Wildman–Crippen LogP) is 3.69. The van der Waals surface area contributed by atoms with E-state index >= 15 is 0 Å². The minimum Gasteiger partial charge on any atom is -0.494 e. The van der Waals surface area contributed by atoms with Gasteiger partial charge in [0, 0.05) is 26.6 Å². The molecule has 0 saturated carbocycles. The summed E-state index contributed by atoms with van der Waals surface area (Å²) in [5, 5.41) is 8.83. The molecule has 0 spiro atoms. The van der Waals surface area contributed by atoms with E-state index in [4.69, 9.17) is 14.7 Å². The van der Waals surface area contributed by atoms with E-state index in [1.54, 1.807) is 50.5 Å². The molecule has 27 heavy (non-hydrogen) atoms. The fourth-order valence-corrected chi connectivity index (χ4v) is 2.59. The van der Waals surface area contributed by atoms with E-state index in [9.17, 15) is 4.79 Å². The molecule has 0 heterocycles. The van der Waals surface area contributed by atoms with Crippen LogP contribution in [0.2, 0.25) is 0 Å². The molecule has 6 heteroatoms. The third-order valence-corrected chi connectivity index (χ3v) is 4.10. The number of benzene rings is 2. The quantitative estimate of drug-likeness (QED) is 0.747. The number of carbonyl (C=O) groups excluding carboxylic acids is 1. The van der Waals surface area contributed by atoms with Crippen LogP contribution in [0.3, 0.4) is 0 Å². The van der Waals surface area contributed by atoms with Crippen molar-refractivity contribution in [3.8, 4) is 17.6 Å². The second-order valence-electron chi connectivity index (χ2n) is 6.58. The van der Waals surface area contributed by atoms with E-state index in [0.717, 1.165) is 17.7 Å². The van der Waals surface area contributed by atoms with Crippen molar-refractivity contribution in [2.45, 2.75) is 12.5 Å². The van der Waals surface area contributed by atoms with Crippen LogP contribution in [-0.4, -0.2) is 50.7 Å². The lowest BCUT2D eigenvalue weighted by atomic mass is 10.0. The molecule has 0 radical (unpaired) electrons. The zero-order valence-electron chi connectivity index (χ0n) is 16.2. The molecule has 1 atom stereocenters. The summed E-state index contributed by atoms with van der Waals surface area (Å²) < 4.78 is 11.1. The molecule has 0 aromatic heterocycles. The molecule has 0 N–H and O–H groups in total. The molecule has 0 saturated heterocycles. The molecule has 0 aliphatic carbocycles.